The van der Waals surface area contributed by atoms with Gasteiger partial charge in [0, 0.05) is 21.7 Å². The zero-order valence-electron chi connectivity index (χ0n) is 23.4. The van der Waals surface area contributed by atoms with E-state index in [0.29, 0.717) is 0 Å². The Morgan fingerprint density at radius 1 is 0.528 bits per heavy atom. The van der Waals surface area contributed by atoms with Crippen LogP contribution >= 0.6 is 8.15 Å². The van der Waals surface area contributed by atoms with Crippen LogP contribution < -0.4 is 15.1 Å². The number of rotatable bonds is 4. The Morgan fingerprint density at radius 2 is 1.06 bits per heavy atom. The minimum Gasteiger partial charge on any atom is -0.464 e. The van der Waals surface area contributed by atoms with Gasteiger partial charge >= 0.3 is 0 Å². The fourth-order valence-electron chi connectivity index (χ4n) is 4.63. The van der Waals surface area contributed by atoms with Crippen molar-refractivity contribution in [3.63, 3.8) is 0 Å². The maximum Gasteiger partial charge on any atom is 0.151 e. The minimum atomic E-state index is -1.10. The lowest BCUT2D eigenvalue weighted by atomic mass is 9.80. The van der Waals surface area contributed by atoms with Crippen LogP contribution in [0.3, 0.4) is 0 Å². The van der Waals surface area contributed by atoms with Gasteiger partial charge in [0.1, 0.15) is 5.75 Å². The van der Waals surface area contributed by atoms with Crippen molar-refractivity contribution >= 4 is 29.5 Å². The molecule has 0 aliphatic rings. The molecule has 1 atom stereocenters. The lowest BCUT2D eigenvalue weighted by molar-refractivity contribution is 0.506. The molecule has 1 nitrogen and oxygen atoms in total. The molecule has 0 aliphatic heterocycles. The molecular formula is C34H41OP. The molecule has 0 aliphatic carbocycles. The van der Waals surface area contributed by atoms with Crippen molar-refractivity contribution in [2.45, 2.75) is 78.6 Å². The zero-order chi connectivity index (χ0) is 26.3. The second kappa shape index (κ2) is 9.68. The maximum atomic E-state index is 7.30. The van der Waals surface area contributed by atoms with E-state index in [-0.39, 0.29) is 16.2 Å². The van der Waals surface area contributed by atoms with Gasteiger partial charge in [0.15, 0.2) is 8.15 Å². The summed E-state index contributed by atoms with van der Waals surface area (Å²) in [5.74, 6) is 1.04. The second-order valence-corrected chi connectivity index (χ2v) is 14.6. The highest BCUT2D eigenvalue weighted by Crippen LogP contribution is 2.47. The van der Waals surface area contributed by atoms with E-state index < -0.39 is 8.15 Å². The van der Waals surface area contributed by atoms with Gasteiger partial charge in [-0.05, 0) is 32.6 Å². The third-order valence-corrected chi connectivity index (χ3v) is 8.73. The molecule has 0 N–H and O–H groups in total. The summed E-state index contributed by atoms with van der Waals surface area (Å²) in [4.78, 5) is 0. The Bertz CT molecular complexity index is 1310. The number of para-hydroxylation sites is 1. The Labute approximate surface area is 219 Å². The number of hydrogen-bond acceptors (Lipinski definition) is 1. The molecule has 4 aromatic rings. The summed E-state index contributed by atoms with van der Waals surface area (Å²) >= 11 is 0. The minimum absolute atomic E-state index is 0.0353. The normalized spacial score (nSPS) is 13.6. The van der Waals surface area contributed by atoms with Gasteiger partial charge in [0.2, 0.25) is 0 Å². The number of fused-ring (bicyclic) bond motifs is 1. The fourth-order valence-corrected chi connectivity index (χ4v) is 6.56. The van der Waals surface area contributed by atoms with Crippen LogP contribution in [0.25, 0.3) is 10.8 Å². The summed E-state index contributed by atoms with van der Waals surface area (Å²) in [6.45, 7) is 20.5. The van der Waals surface area contributed by atoms with Gasteiger partial charge in [-0.25, -0.2) is 0 Å². The fraction of sp³-hybridized carbons (Fsp3) is 0.353. The van der Waals surface area contributed by atoms with Gasteiger partial charge < -0.3 is 4.52 Å². The molecule has 0 aromatic heterocycles. The quantitative estimate of drug-likeness (QED) is 0.256. The van der Waals surface area contributed by atoms with E-state index in [2.05, 4.69) is 147 Å². The molecule has 0 fully saturated rings. The third-order valence-electron chi connectivity index (χ3n) is 6.77. The molecular weight excluding hydrogens is 455 g/mol. The van der Waals surface area contributed by atoms with Crippen molar-refractivity contribution in [3.05, 3.63) is 102 Å². The van der Waals surface area contributed by atoms with Gasteiger partial charge in [0.25, 0.3) is 0 Å². The van der Waals surface area contributed by atoms with E-state index in [1.54, 1.807) is 0 Å². The predicted octanol–water partition coefficient (Wildman–Crippen LogP) is 9.16. The second-order valence-electron chi connectivity index (χ2n) is 12.9. The zero-order valence-corrected chi connectivity index (χ0v) is 24.3. The molecule has 0 saturated carbocycles. The molecule has 0 bridgehead atoms. The van der Waals surface area contributed by atoms with E-state index in [1.165, 1.54) is 38.1 Å². The molecule has 4 aromatic carbocycles. The standard InChI is InChI=1S/C34H41OP/c1-32(2,3)25-20-22-26(23-21-25)36(30-19-12-15-24-14-10-11-16-27(24)30)35-31-28(33(4,5)6)17-13-18-29(31)34(7,8)9/h10-23H,1-9H3. The predicted molar refractivity (Wildman–Crippen MR) is 160 cm³/mol. The van der Waals surface area contributed by atoms with Crippen LogP contribution in [0.2, 0.25) is 0 Å². The summed E-state index contributed by atoms with van der Waals surface area (Å²) in [5, 5.41) is 5.00. The van der Waals surface area contributed by atoms with Crippen molar-refractivity contribution in [2.24, 2.45) is 0 Å². The largest absolute Gasteiger partial charge is 0.464 e. The average molecular weight is 497 g/mol. The summed E-state index contributed by atoms with van der Waals surface area (Å²) < 4.78 is 7.30. The van der Waals surface area contributed by atoms with Gasteiger partial charge in [-0.1, -0.05) is 147 Å². The van der Waals surface area contributed by atoms with Crippen molar-refractivity contribution in [3.8, 4) is 5.75 Å². The molecule has 0 heterocycles. The van der Waals surface area contributed by atoms with Crippen LogP contribution in [0, 0.1) is 0 Å². The highest BCUT2D eigenvalue weighted by molar-refractivity contribution is 7.69. The Hall–Kier alpha value is -2.63. The molecule has 0 radical (unpaired) electrons. The van der Waals surface area contributed by atoms with E-state index in [4.69, 9.17) is 4.52 Å². The van der Waals surface area contributed by atoms with Crippen LogP contribution in [-0.2, 0) is 16.2 Å². The molecule has 1 unspecified atom stereocenters. The van der Waals surface area contributed by atoms with Crippen molar-refractivity contribution in [1.82, 2.24) is 0 Å². The highest BCUT2D eigenvalue weighted by atomic mass is 31.1. The van der Waals surface area contributed by atoms with E-state index in [0.717, 1.165) is 5.75 Å². The van der Waals surface area contributed by atoms with Gasteiger partial charge in [-0.15, -0.1) is 0 Å². The smallest absolute Gasteiger partial charge is 0.151 e. The number of hydrogen-bond donors (Lipinski definition) is 0. The summed E-state index contributed by atoms with van der Waals surface area (Å²) in [7, 11) is -1.10. The molecule has 0 spiro atoms. The van der Waals surface area contributed by atoms with E-state index in [1.807, 2.05) is 0 Å². The number of benzene rings is 4. The monoisotopic (exact) mass is 496 g/mol. The van der Waals surface area contributed by atoms with Crippen molar-refractivity contribution < 1.29 is 4.52 Å². The van der Waals surface area contributed by atoms with Crippen LogP contribution in [0.15, 0.2) is 84.9 Å². The summed E-state index contributed by atoms with van der Waals surface area (Å²) in [5.41, 5.74) is 3.89. The van der Waals surface area contributed by atoms with E-state index in [9.17, 15) is 0 Å². The highest BCUT2D eigenvalue weighted by Gasteiger charge is 2.30. The lowest BCUT2D eigenvalue weighted by Gasteiger charge is -2.32. The van der Waals surface area contributed by atoms with Crippen LogP contribution in [0.5, 0.6) is 5.75 Å². The Morgan fingerprint density at radius 3 is 1.61 bits per heavy atom. The van der Waals surface area contributed by atoms with Crippen LogP contribution in [0.4, 0.5) is 0 Å². The van der Waals surface area contributed by atoms with Crippen LogP contribution in [0.1, 0.15) is 79.0 Å². The molecule has 0 amide bonds. The van der Waals surface area contributed by atoms with Gasteiger partial charge in [0.05, 0.1) is 0 Å². The molecule has 4 rings (SSSR count). The molecule has 0 saturated heterocycles. The van der Waals surface area contributed by atoms with Gasteiger partial charge in [-0.2, -0.15) is 0 Å². The van der Waals surface area contributed by atoms with Crippen molar-refractivity contribution in [1.29, 1.82) is 0 Å². The first-order valence-corrected chi connectivity index (χ1v) is 14.2. The van der Waals surface area contributed by atoms with Crippen molar-refractivity contribution in [2.75, 3.05) is 0 Å². The maximum absolute atomic E-state index is 7.30. The first-order chi connectivity index (χ1) is 16.8. The van der Waals surface area contributed by atoms with Gasteiger partial charge in [-0.3, -0.25) is 0 Å². The molecule has 188 valence electrons. The first kappa shape index (κ1) is 26.4. The Kier molecular flexibility index (Phi) is 7.11. The first-order valence-electron chi connectivity index (χ1n) is 13.0. The third kappa shape index (κ3) is 5.52. The average Bonchev–Trinajstić information content (AvgIpc) is 2.80. The Balaban J connectivity index is 1.96. The SMILES string of the molecule is CC(C)(C)c1ccc(P(Oc2c(C(C)(C)C)cccc2C(C)(C)C)c2cccc3ccccc23)cc1. The van der Waals surface area contributed by atoms with E-state index >= 15 is 0 Å². The molecule has 36 heavy (non-hydrogen) atoms. The topological polar surface area (TPSA) is 9.23 Å². The molecule has 2 heteroatoms. The summed E-state index contributed by atoms with van der Waals surface area (Å²) in [6.07, 6.45) is 0. The lowest BCUT2D eigenvalue weighted by Crippen LogP contribution is -2.23. The van der Waals surface area contributed by atoms with Crippen LogP contribution in [-0.4, -0.2) is 0 Å². The summed E-state index contributed by atoms with van der Waals surface area (Å²) in [6, 6.07) is 31.1.